The van der Waals surface area contributed by atoms with E-state index in [1.807, 2.05) is 4.90 Å². The fourth-order valence-electron chi connectivity index (χ4n) is 3.22. The van der Waals surface area contributed by atoms with Gasteiger partial charge in [-0.25, -0.2) is 4.39 Å². The Morgan fingerprint density at radius 2 is 2.00 bits per heavy atom. The third-order valence-corrected chi connectivity index (χ3v) is 5.52. The maximum Gasteiger partial charge on any atom is 0.215 e. The third kappa shape index (κ3) is 4.08. The molecule has 1 aliphatic carbocycles. The van der Waals surface area contributed by atoms with Crippen molar-refractivity contribution in [3.05, 3.63) is 47.3 Å². The molecule has 1 aromatic rings. The van der Waals surface area contributed by atoms with Gasteiger partial charge in [0.2, 0.25) is 3.79 Å². The minimum absolute atomic E-state index is 0.0114. The van der Waals surface area contributed by atoms with Crippen LogP contribution in [0.15, 0.2) is 35.9 Å². The van der Waals surface area contributed by atoms with Crippen LogP contribution in [0.4, 0.5) is 4.39 Å². The largest absolute Gasteiger partial charge is 0.297 e. The zero-order valence-electron chi connectivity index (χ0n) is 13.1. The summed E-state index contributed by atoms with van der Waals surface area (Å²) in [7, 11) is 0. The summed E-state index contributed by atoms with van der Waals surface area (Å²) in [6.45, 7) is 1.14. The van der Waals surface area contributed by atoms with Crippen molar-refractivity contribution in [1.29, 1.82) is 0 Å². The van der Waals surface area contributed by atoms with Gasteiger partial charge in [0.25, 0.3) is 0 Å². The lowest BCUT2D eigenvalue weighted by molar-refractivity contribution is -0.126. The van der Waals surface area contributed by atoms with E-state index >= 15 is 0 Å². The van der Waals surface area contributed by atoms with Crippen molar-refractivity contribution < 1.29 is 14.0 Å². The van der Waals surface area contributed by atoms with Crippen LogP contribution in [-0.2, 0) is 9.59 Å². The van der Waals surface area contributed by atoms with Gasteiger partial charge in [-0.1, -0.05) is 18.2 Å². The molecule has 24 heavy (non-hydrogen) atoms. The summed E-state index contributed by atoms with van der Waals surface area (Å²) < 4.78 is 14.3. The highest BCUT2D eigenvalue weighted by Crippen LogP contribution is 2.39. The maximum atomic E-state index is 14.4. The summed E-state index contributed by atoms with van der Waals surface area (Å²) in [5.74, 6) is -0.208. The van der Waals surface area contributed by atoms with Crippen molar-refractivity contribution in [2.75, 3.05) is 13.1 Å². The van der Waals surface area contributed by atoms with E-state index in [0.29, 0.717) is 18.7 Å². The molecule has 6 heteroatoms. The van der Waals surface area contributed by atoms with Crippen LogP contribution in [-0.4, -0.2) is 32.8 Å². The lowest BCUT2D eigenvalue weighted by Gasteiger charge is -2.37. The highest BCUT2D eigenvalue weighted by molar-refractivity contribution is 14.1. The molecule has 0 radical (unpaired) electrons. The maximum absolute atomic E-state index is 14.4. The molecule has 0 spiro atoms. The van der Waals surface area contributed by atoms with Gasteiger partial charge in [-0.05, 0) is 37.0 Å². The van der Waals surface area contributed by atoms with Crippen molar-refractivity contribution >= 4 is 44.8 Å². The molecule has 2 atom stereocenters. The second-order valence-electron chi connectivity index (χ2n) is 6.40. The van der Waals surface area contributed by atoms with Gasteiger partial charge in [0.15, 0.2) is 5.78 Å². The quantitative estimate of drug-likeness (QED) is 0.316. The van der Waals surface area contributed by atoms with Gasteiger partial charge in [-0.15, -0.1) is 0 Å². The summed E-state index contributed by atoms with van der Waals surface area (Å²) in [5, 5.41) is 0.0114. The van der Waals surface area contributed by atoms with E-state index in [1.54, 1.807) is 46.9 Å². The molecule has 0 aromatic heterocycles. The molecule has 3 rings (SSSR count). The van der Waals surface area contributed by atoms with Crippen LogP contribution in [0.5, 0.6) is 0 Å². The Labute approximate surface area is 160 Å². The van der Waals surface area contributed by atoms with Gasteiger partial charge < -0.3 is 0 Å². The molecule has 3 nitrogen and oxygen atoms in total. The van der Waals surface area contributed by atoms with E-state index in [9.17, 15) is 14.0 Å². The number of carbonyl (C=O) groups excluding carboxylic acids is 2. The fraction of sp³-hybridized carbons (Fsp3) is 0.444. The second-order valence-corrected chi connectivity index (χ2v) is 8.09. The van der Waals surface area contributed by atoms with E-state index < -0.39 is 6.04 Å². The molecule has 0 bridgehead atoms. The molecule has 1 heterocycles. The van der Waals surface area contributed by atoms with Crippen molar-refractivity contribution in [1.82, 2.24) is 4.90 Å². The number of halogens is 2. The van der Waals surface area contributed by atoms with E-state index in [4.69, 9.17) is 0 Å². The number of Topliss-reactive ketones (excluding diaryl/α,β-unsaturated/α-hetero) is 1. The zero-order chi connectivity index (χ0) is 17.3. The van der Waals surface area contributed by atoms with Crippen LogP contribution in [0.3, 0.4) is 0 Å². The molecule has 1 unspecified atom stereocenters. The number of hydrogen-bond acceptors (Lipinski definition) is 4. The van der Waals surface area contributed by atoms with Crippen LogP contribution in [0.25, 0.3) is 0 Å². The van der Waals surface area contributed by atoms with Crippen LogP contribution in [0.2, 0.25) is 0 Å². The molecule has 128 valence electrons. The van der Waals surface area contributed by atoms with Crippen molar-refractivity contribution in [3.8, 4) is 0 Å². The number of likely N-dealkylation sites (tertiary alicyclic amines) is 1. The Balaban J connectivity index is 1.92. The zero-order valence-corrected chi connectivity index (χ0v) is 16.2. The van der Waals surface area contributed by atoms with Crippen LogP contribution >= 0.6 is 35.2 Å². The second kappa shape index (κ2) is 7.66. The highest BCUT2D eigenvalue weighted by atomic mass is 127. The summed E-state index contributed by atoms with van der Waals surface area (Å²) in [6.07, 6.45) is 4.11. The summed E-state index contributed by atoms with van der Waals surface area (Å²) >= 11 is 6.28. The van der Waals surface area contributed by atoms with E-state index in [-0.39, 0.29) is 26.6 Å². The average molecular weight is 459 g/mol. The smallest absolute Gasteiger partial charge is 0.215 e. The summed E-state index contributed by atoms with van der Waals surface area (Å²) in [4.78, 5) is 26.3. The number of piperidine rings is 1. The number of benzene rings is 1. The molecule has 0 amide bonds. The van der Waals surface area contributed by atoms with Gasteiger partial charge in [0.1, 0.15) is 5.82 Å². The van der Waals surface area contributed by atoms with E-state index in [2.05, 4.69) is 12.6 Å². The lowest BCUT2D eigenvalue weighted by atomic mass is 9.93. The van der Waals surface area contributed by atoms with Gasteiger partial charge in [-0.2, -0.15) is 12.6 Å². The number of ketones is 1. The minimum atomic E-state index is -0.577. The standard InChI is InChI=1S/C18H19FINO2S/c19-14-4-2-1-3-13(14)17(18(23)11-5-6-11)21-8-7-15(24)12(10-21)9-16(20)22/h1-4,9,11,15,17,24H,5-8,10H2/b12-9-/t15?,17-/m0/s1. The first-order chi connectivity index (χ1) is 11.5. The van der Waals surface area contributed by atoms with Crippen LogP contribution in [0.1, 0.15) is 30.9 Å². The Morgan fingerprint density at radius 1 is 1.29 bits per heavy atom. The highest BCUT2D eigenvalue weighted by Gasteiger charge is 2.40. The normalized spacial score (nSPS) is 24.8. The van der Waals surface area contributed by atoms with Crippen LogP contribution in [0, 0.1) is 11.7 Å². The molecular formula is C18H19FINO2S. The number of carbonyl (C=O) groups is 2. The Hall–Kier alpha value is -0.730. The van der Waals surface area contributed by atoms with E-state index in [1.165, 1.54) is 6.07 Å². The van der Waals surface area contributed by atoms with E-state index in [0.717, 1.165) is 24.8 Å². The number of allylic oxidation sites excluding steroid dienone is 1. The number of rotatable bonds is 5. The monoisotopic (exact) mass is 459 g/mol. The van der Waals surface area contributed by atoms with Crippen LogP contribution < -0.4 is 0 Å². The molecular weight excluding hydrogens is 440 g/mol. The lowest BCUT2D eigenvalue weighted by Crippen LogP contribution is -2.42. The van der Waals surface area contributed by atoms with Gasteiger partial charge in [0, 0.05) is 52.4 Å². The predicted molar refractivity (Wildman–Crippen MR) is 103 cm³/mol. The number of nitrogens with zero attached hydrogens (tertiary/aromatic N) is 1. The van der Waals surface area contributed by atoms with Crippen molar-refractivity contribution in [3.63, 3.8) is 0 Å². The molecule has 1 aliphatic heterocycles. The molecule has 0 N–H and O–H groups in total. The first-order valence-corrected chi connectivity index (χ1v) is 9.67. The van der Waals surface area contributed by atoms with Crippen molar-refractivity contribution in [2.45, 2.75) is 30.6 Å². The molecule has 1 aromatic carbocycles. The Morgan fingerprint density at radius 3 is 2.62 bits per heavy atom. The predicted octanol–water partition coefficient (Wildman–Crippen LogP) is 3.74. The molecule has 1 saturated heterocycles. The van der Waals surface area contributed by atoms with Gasteiger partial charge >= 0.3 is 0 Å². The minimum Gasteiger partial charge on any atom is -0.297 e. The SMILES string of the molecule is O=C(I)/C=C1/CN([C@H](C(=O)C2CC2)c2ccccc2F)CCC1S. The van der Waals surface area contributed by atoms with Gasteiger partial charge in [-0.3, -0.25) is 14.5 Å². The third-order valence-electron chi connectivity index (χ3n) is 4.62. The Bertz CT molecular complexity index is 689. The number of hydrogen-bond donors (Lipinski definition) is 1. The Kier molecular flexibility index (Phi) is 5.77. The summed E-state index contributed by atoms with van der Waals surface area (Å²) in [5.41, 5.74) is 1.33. The fourth-order valence-corrected chi connectivity index (χ4v) is 3.89. The summed E-state index contributed by atoms with van der Waals surface area (Å²) in [6, 6.07) is 5.92. The molecule has 2 aliphatic rings. The first kappa shape index (κ1) is 18.1. The van der Waals surface area contributed by atoms with Gasteiger partial charge in [0.05, 0.1) is 6.04 Å². The molecule has 1 saturated carbocycles. The topological polar surface area (TPSA) is 37.4 Å². The van der Waals surface area contributed by atoms with Crippen molar-refractivity contribution in [2.24, 2.45) is 5.92 Å². The first-order valence-electron chi connectivity index (χ1n) is 8.07. The average Bonchev–Trinajstić information content (AvgIpc) is 3.36. The number of thiol groups is 1. The molecule has 2 fully saturated rings.